The molecule has 172 valence electrons. The first-order valence-corrected chi connectivity index (χ1v) is 10.6. The molecule has 7 nitrogen and oxygen atoms in total. The standard InChI is InChI=1S/C26H21FN2O5/c1-15(17-6-4-3-5-7-17)28-23(30)16(2)34-26(33)18-8-13-21-22(14-18)25(32)29(24(21)31)20-11-9-19(27)10-12-20/h3-16H,1-2H3,(H,28,30). The van der Waals surface area contributed by atoms with Crippen LogP contribution in [0.5, 0.6) is 0 Å². The maximum Gasteiger partial charge on any atom is 0.338 e. The van der Waals surface area contributed by atoms with Gasteiger partial charge in [0.2, 0.25) is 0 Å². The number of hydrogen-bond donors (Lipinski definition) is 1. The number of esters is 1. The van der Waals surface area contributed by atoms with Crippen LogP contribution in [-0.2, 0) is 9.53 Å². The monoisotopic (exact) mass is 460 g/mol. The Balaban J connectivity index is 1.45. The molecule has 1 N–H and O–H groups in total. The summed E-state index contributed by atoms with van der Waals surface area (Å²) in [6, 6.07) is 18.0. The maximum atomic E-state index is 13.2. The fourth-order valence-corrected chi connectivity index (χ4v) is 3.63. The number of carbonyl (C=O) groups is 4. The average molecular weight is 460 g/mol. The summed E-state index contributed by atoms with van der Waals surface area (Å²) in [7, 11) is 0. The summed E-state index contributed by atoms with van der Waals surface area (Å²) in [5.41, 5.74) is 1.29. The Hall–Kier alpha value is -4.33. The van der Waals surface area contributed by atoms with Crippen LogP contribution in [0.3, 0.4) is 0 Å². The fourth-order valence-electron chi connectivity index (χ4n) is 3.63. The van der Waals surface area contributed by atoms with Crippen LogP contribution in [0.25, 0.3) is 0 Å². The van der Waals surface area contributed by atoms with E-state index >= 15 is 0 Å². The van der Waals surface area contributed by atoms with Gasteiger partial charge in [-0.1, -0.05) is 30.3 Å². The second-order valence-electron chi connectivity index (χ2n) is 7.87. The van der Waals surface area contributed by atoms with Gasteiger partial charge < -0.3 is 10.1 Å². The smallest absolute Gasteiger partial charge is 0.338 e. The lowest BCUT2D eigenvalue weighted by Gasteiger charge is -2.18. The highest BCUT2D eigenvalue weighted by Crippen LogP contribution is 2.29. The van der Waals surface area contributed by atoms with E-state index in [0.717, 1.165) is 22.6 Å². The van der Waals surface area contributed by atoms with Crippen LogP contribution in [0.4, 0.5) is 10.1 Å². The second kappa shape index (κ2) is 9.27. The first kappa shape index (κ1) is 22.8. The van der Waals surface area contributed by atoms with Gasteiger partial charge in [0.15, 0.2) is 6.10 Å². The molecule has 3 aromatic rings. The lowest BCUT2D eigenvalue weighted by atomic mass is 10.1. The third-order valence-corrected chi connectivity index (χ3v) is 5.52. The van der Waals surface area contributed by atoms with E-state index in [1.807, 2.05) is 37.3 Å². The van der Waals surface area contributed by atoms with Crippen LogP contribution in [0.15, 0.2) is 72.8 Å². The molecule has 0 saturated heterocycles. The number of nitrogens with zero attached hydrogens (tertiary/aromatic N) is 1. The SMILES string of the molecule is CC(OC(=O)c1ccc2c(c1)C(=O)N(c1ccc(F)cc1)C2=O)C(=O)NC(C)c1ccccc1. The van der Waals surface area contributed by atoms with E-state index < -0.39 is 35.6 Å². The summed E-state index contributed by atoms with van der Waals surface area (Å²) < 4.78 is 18.5. The van der Waals surface area contributed by atoms with Crippen LogP contribution in [0, 0.1) is 5.82 Å². The van der Waals surface area contributed by atoms with Crippen molar-refractivity contribution in [3.8, 4) is 0 Å². The van der Waals surface area contributed by atoms with Crippen molar-refractivity contribution in [3.05, 3.63) is 101 Å². The van der Waals surface area contributed by atoms with E-state index in [4.69, 9.17) is 4.74 Å². The second-order valence-corrected chi connectivity index (χ2v) is 7.87. The van der Waals surface area contributed by atoms with Gasteiger partial charge in [-0.15, -0.1) is 0 Å². The van der Waals surface area contributed by atoms with Crippen molar-refractivity contribution in [3.63, 3.8) is 0 Å². The summed E-state index contributed by atoms with van der Waals surface area (Å²) >= 11 is 0. The summed E-state index contributed by atoms with van der Waals surface area (Å²) in [4.78, 5) is 51.6. The van der Waals surface area contributed by atoms with Crippen LogP contribution in [0.2, 0.25) is 0 Å². The van der Waals surface area contributed by atoms with Crippen molar-refractivity contribution in [2.45, 2.75) is 26.0 Å². The number of halogens is 1. The highest BCUT2D eigenvalue weighted by Gasteiger charge is 2.37. The molecule has 2 unspecified atom stereocenters. The lowest BCUT2D eigenvalue weighted by molar-refractivity contribution is -0.129. The molecule has 0 fully saturated rings. The number of carbonyl (C=O) groups excluding carboxylic acids is 4. The van der Waals surface area contributed by atoms with Crippen molar-refractivity contribution in [2.24, 2.45) is 0 Å². The molecule has 0 saturated carbocycles. The predicted octanol–water partition coefficient (Wildman–Crippen LogP) is 4.05. The van der Waals surface area contributed by atoms with E-state index in [2.05, 4.69) is 5.32 Å². The number of hydrogen-bond acceptors (Lipinski definition) is 5. The Morgan fingerprint density at radius 1 is 0.882 bits per heavy atom. The summed E-state index contributed by atoms with van der Waals surface area (Å²) in [5, 5.41) is 2.79. The molecule has 2 atom stereocenters. The van der Waals surface area contributed by atoms with E-state index in [-0.39, 0.29) is 28.4 Å². The largest absolute Gasteiger partial charge is 0.449 e. The van der Waals surface area contributed by atoms with Crippen LogP contribution in [0.1, 0.15) is 56.5 Å². The van der Waals surface area contributed by atoms with E-state index in [0.29, 0.717) is 0 Å². The molecule has 8 heteroatoms. The molecule has 1 heterocycles. The number of rotatable bonds is 6. The minimum absolute atomic E-state index is 0.0246. The van der Waals surface area contributed by atoms with Crippen LogP contribution >= 0.6 is 0 Å². The zero-order valence-corrected chi connectivity index (χ0v) is 18.4. The first-order chi connectivity index (χ1) is 16.3. The third kappa shape index (κ3) is 4.43. The number of imide groups is 1. The van der Waals surface area contributed by atoms with E-state index in [9.17, 15) is 23.6 Å². The molecule has 1 aliphatic rings. The molecule has 0 spiro atoms. The molecule has 34 heavy (non-hydrogen) atoms. The van der Waals surface area contributed by atoms with Gasteiger partial charge >= 0.3 is 5.97 Å². The number of fused-ring (bicyclic) bond motifs is 1. The maximum absolute atomic E-state index is 13.2. The van der Waals surface area contributed by atoms with Crippen molar-refractivity contribution in [2.75, 3.05) is 4.90 Å². The van der Waals surface area contributed by atoms with Gasteiger partial charge in [0.25, 0.3) is 17.7 Å². The van der Waals surface area contributed by atoms with Crippen molar-refractivity contribution >= 4 is 29.4 Å². The van der Waals surface area contributed by atoms with Gasteiger partial charge in [0, 0.05) is 0 Å². The number of amides is 3. The third-order valence-electron chi connectivity index (χ3n) is 5.52. The molecule has 3 amide bonds. The van der Waals surface area contributed by atoms with Crippen LogP contribution in [-0.4, -0.2) is 29.8 Å². The molecule has 3 aromatic carbocycles. The van der Waals surface area contributed by atoms with Gasteiger partial charge in [0.05, 0.1) is 28.4 Å². The highest BCUT2D eigenvalue weighted by molar-refractivity contribution is 6.34. The fraction of sp³-hybridized carbons (Fsp3) is 0.154. The molecule has 4 rings (SSSR count). The zero-order chi connectivity index (χ0) is 24.4. The normalized spacial score (nSPS) is 14.4. The molecule has 0 aromatic heterocycles. The number of nitrogens with one attached hydrogen (secondary N) is 1. The van der Waals surface area contributed by atoms with Gasteiger partial charge in [-0.25, -0.2) is 14.1 Å². The minimum atomic E-state index is -1.08. The molecular formula is C26H21FN2O5. The molecule has 1 aliphatic heterocycles. The van der Waals surface area contributed by atoms with Crippen molar-refractivity contribution in [1.82, 2.24) is 5.32 Å². The highest BCUT2D eigenvalue weighted by atomic mass is 19.1. The Kier molecular flexibility index (Phi) is 6.23. The average Bonchev–Trinajstić information content (AvgIpc) is 3.09. The van der Waals surface area contributed by atoms with Crippen molar-refractivity contribution < 1.29 is 28.3 Å². The molecule has 0 bridgehead atoms. The zero-order valence-electron chi connectivity index (χ0n) is 18.4. The van der Waals surface area contributed by atoms with Gasteiger partial charge in [-0.05, 0) is 61.9 Å². The molecule has 0 aliphatic carbocycles. The lowest BCUT2D eigenvalue weighted by Crippen LogP contribution is -2.37. The number of benzene rings is 3. The van der Waals surface area contributed by atoms with E-state index in [1.54, 1.807) is 0 Å². The Morgan fingerprint density at radius 2 is 1.53 bits per heavy atom. The van der Waals surface area contributed by atoms with Gasteiger partial charge in [-0.2, -0.15) is 0 Å². The first-order valence-electron chi connectivity index (χ1n) is 10.6. The topological polar surface area (TPSA) is 92.8 Å². The van der Waals surface area contributed by atoms with Gasteiger partial charge in [0.1, 0.15) is 5.82 Å². The quantitative estimate of drug-likeness (QED) is 0.443. The molecule has 0 radical (unpaired) electrons. The molecular weight excluding hydrogens is 439 g/mol. The predicted molar refractivity (Wildman–Crippen MR) is 122 cm³/mol. The summed E-state index contributed by atoms with van der Waals surface area (Å²) in [6.07, 6.45) is -1.08. The van der Waals surface area contributed by atoms with Crippen LogP contribution < -0.4 is 10.2 Å². The Morgan fingerprint density at radius 3 is 2.21 bits per heavy atom. The number of anilines is 1. The Bertz CT molecular complexity index is 1270. The Labute approximate surface area is 195 Å². The van der Waals surface area contributed by atoms with Crippen molar-refractivity contribution in [1.29, 1.82) is 0 Å². The van der Waals surface area contributed by atoms with Gasteiger partial charge in [-0.3, -0.25) is 14.4 Å². The summed E-state index contributed by atoms with van der Waals surface area (Å²) in [6.45, 7) is 3.26. The minimum Gasteiger partial charge on any atom is -0.449 e. The van der Waals surface area contributed by atoms with E-state index in [1.165, 1.54) is 37.3 Å². The summed E-state index contributed by atoms with van der Waals surface area (Å²) in [5.74, 6) is -2.99. The number of ether oxygens (including phenoxy) is 1.